The van der Waals surface area contributed by atoms with Crippen LogP contribution in [0, 0.1) is 0 Å². The van der Waals surface area contributed by atoms with Crippen LogP contribution in [0.15, 0.2) is 24.3 Å². The van der Waals surface area contributed by atoms with Gasteiger partial charge in [-0.2, -0.15) is 0 Å². The summed E-state index contributed by atoms with van der Waals surface area (Å²) in [6.07, 6.45) is 6.85. The summed E-state index contributed by atoms with van der Waals surface area (Å²) in [6, 6.07) is -0.595. The fourth-order valence-electron chi connectivity index (χ4n) is 0.875. The third-order valence-electron chi connectivity index (χ3n) is 1.67. The van der Waals surface area contributed by atoms with Crippen LogP contribution >= 0.6 is 0 Å². The van der Waals surface area contributed by atoms with Crippen molar-refractivity contribution < 1.29 is 19.1 Å². The van der Waals surface area contributed by atoms with E-state index in [9.17, 15) is 14.4 Å². The molecule has 0 radical (unpaired) electrons. The lowest BCUT2D eigenvalue weighted by molar-refractivity contribution is -0.143. The van der Waals surface area contributed by atoms with Gasteiger partial charge >= 0.3 is 12.0 Å². The summed E-state index contributed by atoms with van der Waals surface area (Å²) in [7, 11) is 0. The Morgan fingerprint density at radius 1 is 1.22 bits per heavy atom. The lowest BCUT2D eigenvalue weighted by Gasteiger charge is -2.05. The lowest BCUT2D eigenvalue weighted by Crippen LogP contribution is -2.41. The number of urea groups is 1. The average Bonchev–Trinajstić information content (AvgIpc) is 2.34. The second-order valence-corrected chi connectivity index (χ2v) is 3.30. The highest BCUT2D eigenvalue weighted by atomic mass is 16.5. The number of esters is 1. The number of carbonyl (C=O) groups excluding carboxylic acids is 3. The molecule has 2 N–H and O–H groups in total. The van der Waals surface area contributed by atoms with Crippen molar-refractivity contribution in [3.63, 3.8) is 0 Å². The number of rotatable bonds is 6. The van der Waals surface area contributed by atoms with Gasteiger partial charge < -0.3 is 10.1 Å². The Morgan fingerprint density at radius 2 is 1.94 bits per heavy atom. The van der Waals surface area contributed by atoms with Gasteiger partial charge in [-0.3, -0.25) is 10.1 Å². The van der Waals surface area contributed by atoms with Crippen LogP contribution in [-0.4, -0.2) is 31.1 Å². The average molecular weight is 254 g/mol. The second-order valence-electron chi connectivity index (χ2n) is 3.30. The monoisotopic (exact) mass is 254 g/mol. The number of imide groups is 1. The van der Waals surface area contributed by atoms with Gasteiger partial charge in [-0.25, -0.2) is 9.59 Å². The molecular formula is C12H18N2O4. The molecule has 0 saturated heterocycles. The van der Waals surface area contributed by atoms with Crippen molar-refractivity contribution in [2.45, 2.75) is 20.3 Å². The van der Waals surface area contributed by atoms with Gasteiger partial charge in [-0.05, 0) is 13.3 Å². The molecule has 3 amide bonds. The molecule has 0 heterocycles. The van der Waals surface area contributed by atoms with Crippen LogP contribution in [0.5, 0.6) is 0 Å². The Kier molecular flexibility index (Phi) is 8.89. The molecule has 18 heavy (non-hydrogen) atoms. The van der Waals surface area contributed by atoms with Crippen LogP contribution in [-0.2, 0) is 14.3 Å². The molecule has 0 fully saturated rings. The molecule has 0 aromatic rings. The predicted octanol–water partition coefficient (Wildman–Crippen LogP) is 0.898. The van der Waals surface area contributed by atoms with E-state index in [-0.39, 0.29) is 0 Å². The van der Waals surface area contributed by atoms with E-state index in [1.165, 1.54) is 12.2 Å². The topological polar surface area (TPSA) is 84.5 Å². The summed E-state index contributed by atoms with van der Waals surface area (Å²) in [6.45, 7) is 3.68. The van der Waals surface area contributed by atoms with Crippen molar-refractivity contribution >= 4 is 17.9 Å². The first-order valence-electron chi connectivity index (χ1n) is 5.64. The summed E-state index contributed by atoms with van der Waals surface area (Å²) in [5, 5.41) is 4.49. The third kappa shape index (κ3) is 9.14. The number of hydrogen-bond acceptors (Lipinski definition) is 4. The van der Waals surface area contributed by atoms with E-state index in [4.69, 9.17) is 0 Å². The molecule has 0 saturated carbocycles. The normalized spacial score (nSPS) is 10.6. The fraction of sp³-hybridized carbons (Fsp3) is 0.417. The Bertz CT molecular complexity index is 348. The van der Waals surface area contributed by atoms with Gasteiger partial charge in [0.1, 0.15) is 0 Å². The maximum Gasteiger partial charge on any atom is 0.331 e. The summed E-state index contributed by atoms with van der Waals surface area (Å²) in [5.74, 6) is -1.31. The van der Waals surface area contributed by atoms with Gasteiger partial charge in [0.2, 0.25) is 0 Å². The molecule has 100 valence electrons. The smallest absolute Gasteiger partial charge is 0.331 e. The maximum absolute atomic E-state index is 11.2. The maximum atomic E-state index is 11.2. The first-order chi connectivity index (χ1) is 8.60. The van der Waals surface area contributed by atoms with Gasteiger partial charge in [0.05, 0.1) is 0 Å². The second kappa shape index (κ2) is 10.1. The third-order valence-corrected chi connectivity index (χ3v) is 1.67. The molecule has 0 aromatic heterocycles. The number of allylic oxidation sites excluding steroid dienone is 3. The SMILES string of the molecule is C/C=C/C=C/C(=O)OCC(=O)NC(=O)NCCC. The van der Waals surface area contributed by atoms with Crippen LogP contribution in [0.25, 0.3) is 0 Å². The number of ether oxygens (including phenoxy) is 1. The molecule has 0 unspecified atom stereocenters. The van der Waals surface area contributed by atoms with Crippen LogP contribution < -0.4 is 10.6 Å². The minimum Gasteiger partial charge on any atom is -0.452 e. The van der Waals surface area contributed by atoms with Crippen molar-refractivity contribution in [1.29, 1.82) is 0 Å². The Morgan fingerprint density at radius 3 is 2.56 bits per heavy atom. The highest BCUT2D eigenvalue weighted by Crippen LogP contribution is 1.84. The first-order valence-corrected chi connectivity index (χ1v) is 5.64. The minimum atomic E-state index is -0.670. The fourth-order valence-corrected chi connectivity index (χ4v) is 0.875. The minimum absolute atomic E-state index is 0.477. The van der Waals surface area contributed by atoms with Gasteiger partial charge in [-0.1, -0.05) is 25.2 Å². The standard InChI is InChI=1S/C12H18N2O4/c1-3-5-6-7-11(16)18-9-10(15)14-12(17)13-8-4-2/h3,5-7H,4,8-9H2,1-2H3,(H2,13,14,15,17)/b5-3+,7-6+. The number of hydrogen-bond donors (Lipinski definition) is 2. The largest absolute Gasteiger partial charge is 0.452 e. The highest BCUT2D eigenvalue weighted by molar-refractivity contribution is 5.96. The van der Waals surface area contributed by atoms with E-state index in [0.717, 1.165) is 6.42 Å². The molecule has 0 aliphatic heterocycles. The number of carbonyl (C=O) groups is 3. The molecule has 6 heteroatoms. The van der Waals surface area contributed by atoms with Crippen molar-refractivity contribution in [2.24, 2.45) is 0 Å². The van der Waals surface area contributed by atoms with E-state index in [1.807, 2.05) is 12.2 Å². The Labute approximate surface area is 106 Å². The van der Waals surface area contributed by atoms with Crippen LogP contribution in [0.1, 0.15) is 20.3 Å². The summed E-state index contributed by atoms with van der Waals surface area (Å²) in [5.41, 5.74) is 0. The Balaban J connectivity index is 3.82. The van der Waals surface area contributed by atoms with Crippen molar-refractivity contribution in [2.75, 3.05) is 13.2 Å². The van der Waals surface area contributed by atoms with Gasteiger partial charge in [0, 0.05) is 12.6 Å². The molecule has 0 bridgehead atoms. The quantitative estimate of drug-likeness (QED) is 0.419. The summed E-state index contributed by atoms with van der Waals surface area (Å²) in [4.78, 5) is 33.3. The predicted molar refractivity (Wildman–Crippen MR) is 66.7 cm³/mol. The highest BCUT2D eigenvalue weighted by Gasteiger charge is 2.08. The van der Waals surface area contributed by atoms with Gasteiger partial charge in [-0.15, -0.1) is 0 Å². The molecular weight excluding hydrogens is 236 g/mol. The molecule has 0 rings (SSSR count). The molecule has 0 spiro atoms. The lowest BCUT2D eigenvalue weighted by atomic mass is 10.4. The van der Waals surface area contributed by atoms with Crippen LogP contribution in [0.4, 0.5) is 4.79 Å². The number of nitrogens with one attached hydrogen (secondary N) is 2. The van der Waals surface area contributed by atoms with Crippen molar-refractivity contribution in [1.82, 2.24) is 10.6 Å². The summed E-state index contributed by atoms with van der Waals surface area (Å²) >= 11 is 0. The Hall–Kier alpha value is -2.11. The van der Waals surface area contributed by atoms with Crippen molar-refractivity contribution in [3.8, 4) is 0 Å². The van der Waals surface area contributed by atoms with E-state index in [2.05, 4.69) is 10.1 Å². The van der Waals surface area contributed by atoms with E-state index < -0.39 is 24.5 Å². The molecule has 0 aliphatic rings. The molecule has 6 nitrogen and oxygen atoms in total. The van der Waals surface area contributed by atoms with Crippen molar-refractivity contribution in [3.05, 3.63) is 24.3 Å². The zero-order valence-electron chi connectivity index (χ0n) is 10.6. The molecule has 0 aromatic carbocycles. The zero-order valence-corrected chi connectivity index (χ0v) is 10.6. The molecule has 0 atom stereocenters. The summed E-state index contributed by atoms with van der Waals surface area (Å²) < 4.78 is 4.60. The van der Waals surface area contributed by atoms with Gasteiger partial charge in [0.25, 0.3) is 5.91 Å². The van der Waals surface area contributed by atoms with Gasteiger partial charge in [0.15, 0.2) is 6.61 Å². The first kappa shape index (κ1) is 15.9. The molecule has 0 aliphatic carbocycles. The van der Waals surface area contributed by atoms with E-state index >= 15 is 0 Å². The van der Waals surface area contributed by atoms with E-state index in [1.54, 1.807) is 19.1 Å². The number of amides is 3. The van der Waals surface area contributed by atoms with E-state index in [0.29, 0.717) is 6.54 Å². The zero-order chi connectivity index (χ0) is 13.8. The van der Waals surface area contributed by atoms with Crippen LogP contribution in [0.3, 0.4) is 0 Å². The van der Waals surface area contributed by atoms with Crippen LogP contribution in [0.2, 0.25) is 0 Å².